The van der Waals surface area contributed by atoms with E-state index in [9.17, 15) is 0 Å². The molecule has 0 N–H and O–H groups in total. The molecule has 0 saturated heterocycles. The number of fused-ring (bicyclic) bond motifs is 1. The molecule has 20 heavy (non-hydrogen) atoms. The van der Waals surface area contributed by atoms with Gasteiger partial charge in [0.15, 0.2) is 0 Å². The third-order valence-electron chi connectivity index (χ3n) is 3.66. The SMILES string of the molecule is COc1cccc(CC(Cl)c2ccc3c(c2)COC3)c1. The lowest BCUT2D eigenvalue weighted by molar-refractivity contribution is 0.134. The standard InChI is InChI=1S/C17H17ClO2/c1-19-16-4-2-3-12(7-16)8-17(18)13-5-6-14-10-20-11-15(14)9-13/h2-7,9,17H,8,10-11H2,1H3. The third kappa shape index (κ3) is 2.82. The molecule has 0 spiro atoms. The van der Waals surface area contributed by atoms with Gasteiger partial charge in [-0.05, 0) is 40.8 Å². The summed E-state index contributed by atoms with van der Waals surface area (Å²) in [6.45, 7) is 1.42. The normalized spacial score (nSPS) is 14.9. The van der Waals surface area contributed by atoms with Crippen LogP contribution in [0.25, 0.3) is 0 Å². The van der Waals surface area contributed by atoms with Gasteiger partial charge in [0.25, 0.3) is 0 Å². The zero-order valence-electron chi connectivity index (χ0n) is 11.4. The van der Waals surface area contributed by atoms with Crippen molar-refractivity contribution in [1.29, 1.82) is 0 Å². The Bertz CT molecular complexity index is 610. The predicted molar refractivity (Wildman–Crippen MR) is 80.2 cm³/mol. The molecular weight excluding hydrogens is 272 g/mol. The zero-order valence-corrected chi connectivity index (χ0v) is 12.2. The molecule has 0 saturated carbocycles. The molecule has 1 unspecified atom stereocenters. The number of methoxy groups -OCH3 is 1. The maximum absolute atomic E-state index is 6.56. The first kappa shape index (κ1) is 13.5. The smallest absolute Gasteiger partial charge is 0.119 e. The first-order valence-electron chi connectivity index (χ1n) is 6.72. The van der Waals surface area contributed by atoms with E-state index >= 15 is 0 Å². The molecule has 104 valence electrons. The maximum Gasteiger partial charge on any atom is 0.119 e. The highest BCUT2D eigenvalue weighted by molar-refractivity contribution is 6.20. The molecule has 1 aliphatic rings. The van der Waals surface area contributed by atoms with Crippen molar-refractivity contribution < 1.29 is 9.47 Å². The van der Waals surface area contributed by atoms with Crippen LogP contribution in [0.4, 0.5) is 0 Å². The van der Waals surface area contributed by atoms with E-state index in [1.54, 1.807) is 7.11 Å². The average molecular weight is 289 g/mol. The summed E-state index contributed by atoms with van der Waals surface area (Å²) in [7, 11) is 1.68. The van der Waals surface area contributed by atoms with Crippen molar-refractivity contribution in [2.75, 3.05) is 7.11 Å². The fourth-order valence-electron chi connectivity index (χ4n) is 2.51. The molecular formula is C17H17ClO2. The summed E-state index contributed by atoms with van der Waals surface area (Å²) in [5.74, 6) is 0.869. The van der Waals surface area contributed by atoms with Crippen LogP contribution in [0.5, 0.6) is 5.75 Å². The average Bonchev–Trinajstić information content (AvgIpc) is 2.94. The monoisotopic (exact) mass is 288 g/mol. The highest BCUT2D eigenvalue weighted by Gasteiger charge is 2.15. The van der Waals surface area contributed by atoms with Gasteiger partial charge in [-0.2, -0.15) is 0 Å². The third-order valence-corrected chi connectivity index (χ3v) is 4.06. The van der Waals surface area contributed by atoms with Crippen LogP contribution in [-0.4, -0.2) is 7.11 Å². The van der Waals surface area contributed by atoms with Gasteiger partial charge in [-0.3, -0.25) is 0 Å². The summed E-state index contributed by atoms with van der Waals surface area (Å²) >= 11 is 6.56. The minimum Gasteiger partial charge on any atom is -0.497 e. The maximum atomic E-state index is 6.56. The molecule has 1 heterocycles. The van der Waals surface area contributed by atoms with E-state index in [2.05, 4.69) is 24.3 Å². The molecule has 1 atom stereocenters. The van der Waals surface area contributed by atoms with Gasteiger partial charge >= 0.3 is 0 Å². The quantitative estimate of drug-likeness (QED) is 0.783. The molecule has 0 radical (unpaired) electrons. The Morgan fingerprint density at radius 2 is 2.00 bits per heavy atom. The lowest BCUT2D eigenvalue weighted by atomic mass is 10.00. The Labute approximate surface area is 124 Å². The zero-order chi connectivity index (χ0) is 13.9. The predicted octanol–water partition coefficient (Wildman–Crippen LogP) is 4.25. The second-order valence-corrected chi connectivity index (χ2v) is 5.57. The topological polar surface area (TPSA) is 18.5 Å². The fraction of sp³-hybridized carbons (Fsp3) is 0.294. The molecule has 1 aliphatic heterocycles. The molecule has 0 bridgehead atoms. The van der Waals surface area contributed by atoms with Gasteiger partial charge in [-0.1, -0.05) is 30.3 Å². The Hall–Kier alpha value is -1.51. The van der Waals surface area contributed by atoms with Crippen molar-refractivity contribution >= 4 is 11.6 Å². The largest absolute Gasteiger partial charge is 0.497 e. The van der Waals surface area contributed by atoms with Crippen molar-refractivity contribution in [3.05, 3.63) is 64.7 Å². The van der Waals surface area contributed by atoms with Gasteiger partial charge in [-0.25, -0.2) is 0 Å². The van der Waals surface area contributed by atoms with Crippen LogP contribution in [0.15, 0.2) is 42.5 Å². The molecule has 0 amide bonds. The number of hydrogen-bond acceptors (Lipinski definition) is 2. The lowest BCUT2D eigenvalue weighted by Gasteiger charge is -2.12. The molecule has 0 aliphatic carbocycles. The summed E-state index contributed by atoms with van der Waals surface area (Å²) in [5.41, 5.74) is 4.87. The van der Waals surface area contributed by atoms with Gasteiger partial charge in [0, 0.05) is 0 Å². The van der Waals surface area contributed by atoms with Gasteiger partial charge in [0.05, 0.1) is 25.7 Å². The van der Waals surface area contributed by atoms with E-state index in [0.29, 0.717) is 6.61 Å². The Balaban J connectivity index is 1.77. The number of halogens is 1. The van der Waals surface area contributed by atoms with Gasteiger partial charge < -0.3 is 9.47 Å². The lowest BCUT2D eigenvalue weighted by Crippen LogP contribution is -1.98. The van der Waals surface area contributed by atoms with Crippen LogP contribution in [0, 0.1) is 0 Å². The van der Waals surface area contributed by atoms with Crippen molar-refractivity contribution in [2.24, 2.45) is 0 Å². The van der Waals surface area contributed by atoms with Gasteiger partial charge in [0.2, 0.25) is 0 Å². The number of alkyl halides is 1. The fourth-order valence-corrected chi connectivity index (χ4v) is 2.82. The first-order chi connectivity index (χ1) is 9.76. The molecule has 2 aromatic rings. The summed E-state index contributed by atoms with van der Waals surface area (Å²) in [6, 6.07) is 14.4. The summed E-state index contributed by atoms with van der Waals surface area (Å²) in [5, 5.41) is -0.0343. The molecule has 0 fully saturated rings. The Morgan fingerprint density at radius 3 is 2.85 bits per heavy atom. The van der Waals surface area contributed by atoms with E-state index in [1.807, 2.05) is 18.2 Å². The second kappa shape index (κ2) is 5.86. The van der Waals surface area contributed by atoms with Crippen LogP contribution >= 0.6 is 11.6 Å². The summed E-state index contributed by atoms with van der Waals surface area (Å²) in [4.78, 5) is 0. The molecule has 3 heteroatoms. The van der Waals surface area contributed by atoms with E-state index in [-0.39, 0.29) is 5.38 Å². The van der Waals surface area contributed by atoms with Crippen molar-refractivity contribution in [3.8, 4) is 5.75 Å². The molecule has 3 rings (SSSR count). The number of hydrogen-bond donors (Lipinski definition) is 0. The first-order valence-corrected chi connectivity index (χ1v) is 7.16. The molecule has 0 aromatic heterocycles. The van der Waals surface area contributed by atoms with Crippen molar-refractivity contribution in [1.82, 2.24) is 0 Å². The minimum atomic E-state index is -0.0343. The number of ether oxygens (including phenoxy) is 2. The van der Waals surface area contributed by atoms with Crippen LogP contribution < -0.4 is 4.74 Å². The minimum absolute atomic E-state index is 0.0343. The van der Waals surface area contributed by atoms with Gasteiger partial charge in [0.1, 0.15) is 5.75 Å². The van der Waals surface area contributed by atoms with Crippen LogP contribution in [0.1, 0.15) is 27.6 Å². The summed E-state index contributed by atoms with van der Waals surface area (Å²) < 4.78 is 10.7. The highest BCUT2D eigenvalue weighted by atomic mass is 35.5. The van der Waals surface area contributed by atoms with Crippen LogP contribution in [-0.2, 0) is 24.4 Å². The second-order valence-electron chi connectivity index (χ2n) is 5.04. The summed E-state index contributed by atoms with van der Waals surface area (Å²) in [6.07, 6.45) is 0.790. The van der Waals surface area contributed by atoms with Crippen molar-refractivity contribution in [2.45, 2.75) is 25.0 Å². The highest BCUT2D eigenvalue weighted by Crippen LogP contribution is 2.30. The van der Waals surface area contributed by atoms with E-state index < -0.39 is 0 Å². The molecule has 2 nitrogen and oxygen atoms in total. The van der Waals surface area contributed by atoms with E-state index in [0.717, 1.165) is 24.3 Å². The Morgan fingerprint density at radius 1 is 1.15 bits per heavy atom. The number of benzene rings is 2. The van der Waals surface area contributed by atoms with Crippen LogP contribution in [0.3, 0.4) is 0 Å². The van der Waals surface area contributed by atoms with Crippen LogP contribution in [0.2, 0.25) is 0 Å². The van der Waals surface area contributed by atoms with E-state index in [4.69, 9.17) is 21.1 Å². The number of rotatable bonds is 4. The molecule has 2 aromatic carbocycles. The van der Waals surface area contributed by atoms with Gasteiger partial charge in [-0.15, -0.1) is 11.6 Å². The van der Waals surface area contributed by atoms with Crippen molar-refractivity contribution in [3.63, 3.8) is 0 Å². The van der Waals surface area contributed by atoms with E-state index in [1.165, 1.54) is 16.7 Å². The Kier molecular flexibility index (Phi) is 3.95.